The molecule has 2 aromatic heterocycles. The maximum atomic E-state index is 4.24. The van der Waals surface area contributed by atoms with Crippen molar-refractivity contribution in [3.8, 4) is 0 Å². The summed E-state index contributed by atoms with van der Waals surface area (Å²) in [5.41, 5.74) is 5.36. The van der Waals surface area contributed by atoms with Crippen LogP contribution in [0.4, 0.5) is 5.82 Å². The molecule has 0 fully saturated rings. The van der Waals surface area contributed by atoms with Gasteiger partial charge in [-0.3, -0.25) is 0 Å². The molecule has 0 radical (unpaired) electrons. The number of H-pyrrole nitrogens is 1. The van der Waals surface area contributed by atoms with Crippen LogP contribution in [0.2, 0.25) is 0 Å². The van der Waals surface area contributed by atoms with Crippen molar-refractivity contribution in [1.82, 2.24) is 19.9 Å². The summed E-state index contributed by atoms with van der Waals surface area (Å²) in [4.78, 5) is 15.5. The van der Waals surface area contributed by atoms with Gasteiger partial charge < -0.3 is 10.3 Å². The maximum absolute atomic E-state index is 4.24. The predicted octanol–water partition coefficient (Wildman–Crippen LogP) is 2.58. The number of aromatic nitrogens is 4. The SMILES string of the molecule is Cc1ccc(CNc2ncnc3nc[nH]c23)cc1C. The van der Waals surface area contributed by atoms with Gasteiger partial charge in [0.05, 0.1) is 6.33 Å². The number of aryl methyl sites for hydroxylation is 2. The van der Waals surface area contributed by atoms with Crippen LogP contribution < -0.4 is 5.32 Å². The fourth-order valence-electron chi connectivity index (χ4n) is 2.00. The molecule has 0 aliphatic carbocycles. The zero-order chi connectivity index (χ0) is 13.2. The van der Waals surface area contributed by atoms with Crippen LogP contribution in [0, 0.1) is 13.8 Å². The average Bonchev–Trinajstić information content (AvgIpc) is 2.89. The average molecular weight is 253 g/mol. The Labute approximate surface area is 111 Å². The fraction of sp³-hybridized carbons (Fsp3) is 0.214. The summed E-state index contributed by atoms with van der Waals surface area (Å²) in [6.45, 7) is 4.97. The summed E-state index contributed by atoms with van der Waals surface area (Å²) in [6, 6.07) is 6.45. The van der Waals surface area contributed by atoms with Crippen LogP contribution in [0.1, 0.15) is 16.7 Å². The molecule has 19 heavy (non-hydrogen) atoms. The number of hydrogen-bond donors (Lipinski definition) is 2. The molecule has 2 heterocycles. The molecule has 3 aromatic rings. The summed E-state index contributed by atoms with van der Waals surface area (Å²) in [5.74, 6) is 0.778. The first-order chi connectivity index (χ1) is 9.24. The molecule has 0 aliphatic heterocycles. The van der Waals surface area contributed by atoms with Crippen molar-refractivity contribution in [3.63, 3.8) is 0 Å². The number of hydrogen-bond acceptors (Lipinski definition) is 4. The van der Waals surface area contributed by atoms with Crippen LogP contribution in [0.15, 0.2) is 30.9 Å². The predicted molar refractivity (Wildman–Crippen MR) is 74.9 cm³/mol. The molecular formula is C14H15N5. The number of nitrogens with one attached hydrogen (secondary N) is 2. The first-order valence-corrected chi connectivity index (χ1v) is 6.18. The summed E-state index contributed by atoms with van der Waals surface area (Å²) in [5, 5.41) is 3.31. The minimum absolute atomic E-state index is 0.678. The Balaban J connectivity index is 1.82. The molecule has 96 valence electrons. The minimum Gasteiger partial charge on any atom is -0.364 e. The van der Waals surface area contributed by atoms with Crippen molar-refractivity contribution in [1.29, 1.82) is 0 Å². The van der Waals surface area contributed by atoms with Gasteiger partial charge in [0, 0.05) is 6.54 Å². The van der Waals surface area contributed by atoms with Crippen LogP contribution in [0.5, 0.6) is 0 Å². The normalized spacial score (nSPS) is 10.8. The Morgan fingerprint density at radius 2 is 2.00 bits per heavy atom. The van der Waals surface area contributed by atoms with E-state index in [1.54, 1.807) is 6.33 Å². The molecule has 0 unspecified atom stereocenters. The number of anilines is 1. The monoisotopic (exact) mass is 253 g/mol. The van der Waals surface area contributed by atoms with E-state index in [0.717, 1.165) is 17.9 Å². The Bertz CT molecular complexity index is 717. The lowest BCUT2D eigenvalue weighted by Gasteiger charge is -2.08. The number of aromatic amines is 1. The smallest absolute Gasteiger partial charge is 0.182 e. The zero-order valence-electron chi connectivity index (χ0n) is 10.9. The van der Waals surface area contributed by atoms with Gasteiger partial charge in [-0.2, -0.15) is 0 Å². The van der Waals surface area contributed by atoms with Crippen molar-refractivity contribution in [2.24, 2.45) is 0 Å². The van der Waals surface area contributed by atoms with Crippen molar-refractivity contribution < 1.29 is 0 Å². The Kier molecular flexibility index (Phi) is 2.87. The van der Waals surface area contributed by atoms with E-state index >= 15 is 0 Å². The van der Waals surface area contributed by atoms with E-state index in [0.29, 0.717) is 5.65 Å². The third-order valence-electron chi connectivity index (χ3n) is 3.25. The lowest BCUT2D eigenvalue weighted by atomic mass is 10.1. The molecule has 0 atom stereocenters. The summed E-state index contributed by atoms with van der Waals surface area (Å²) >= 11 is 0. The summed E-state index contributed by atoms with van der Waals surface area (Å²) in [7, 11) is 0. The fourth-order valence-corrected chi connectivity index (χ4v) is 2.00. The number of imidazole rings is 1. The van der Waals surface area contributed by atoms with Gasteiger partial charge in [-0.15, -0.1) is 0 Å². The molecular weight excluding hydrogens is 238 g/mol. The number of nitrogens with zero attached hydrogens (tertiary/aromatic N) is 3. The van der Waals surface area contributed by atoms with E-state index in [4.69, 9.17) is 0 Å². The van der Waals surface area contributed by atoms with Gasteiger partial charge in [-0.05, 0) is 30.5 Å². The highest BCUT2D eigenvalue weighted by molar-refractivity contribution is 5.81. The molecule has 5 heteroatoms. The quantitative estimate of drug-likeness (QED) is 0.753. The van der Waals surface area contributed by atoms with Gasteiger partial charge in [0.25, 0.3) is 0 Å². The molecule has 0 bridgehead atoms. The van der Waals surface area contributed by atoms with Crippen molar-refractivity contribution in [2.45, 2.75) is 20.4 Å². The highest BCUT2D eigenvalue weighted by Crippen LogP contribution is 2.16. The largest absolute Gasteiger partial charge is 0.364 e. The van der Waals surface area contributed by atoms with Crippen LogP contribution in [0.25, 0.3) is 11.2 Å². The van der Waals surface area contributed by atoms with Crippen LogP contribution in [-0.2, 0) is 6.54 Å². The van der Waals surface area contributed by atoms with Crippen LogP contribution in [-0.4, -0.2) is 19.9 Å². The summed E-state index contributed by atoms with van der Waals surface area (Å²) in [6.07, 6.45) is 3.15. The highest BCUT2D eigenvalue weighted by atomic mass is 15.1. The van der Waals surface area contributed by atoms with E-state index in [9.17, 15) is 0 Å². The Morgan fingerprint density at radius 1 is 1.11 bits per heavy atom. The van der Waals surface area contributed by atoms with Gasteiger partial charge in [0.15, 0.2) is 11.5 Å². The molecule has 0 aliphatic rings. The van der Waals surface area contributed by atoms with E-state index < -0.39 is 0 Å². The van der Waals surface area contributed by atoms with E-state index in [1.165, 1.54) is 23.0 Å². The van der Waals surface area contributed by atoms with Gasteiger partial charge in [-0.1, -0.05) is 18.2 Å². The Hall–Kier alpha value is -2.43. The van der Waals surface area contributed by atoms with Crippen LogP contribution in [0.3, 0.4) is 0 Å². The lowest BCUT2D eigenvalue weighted by molar-refractivity contribution is 1.09. The Morgan fingerprint density at radius 3 is 2.84 bits per heavy atom. The van der Waals surface area contributed by atoms with Crippen molar-refractivity contribution in [3.05, 3.63) is 47.5 Å². The van der Waals surface area contributed by atoms with E-state index in [2.05, 4.69) is 57.3 Å². The number of benzene rings is 1. The van der Waals surface area contributed by atoms with E-state index in [1.807, 2.05) is 0 Å². The first-order valence-electron chi connectivity index (χ1n) is 6.18. The molecule has 1 aromatic carbocycles. The zero-order valence-corrected chi connectivity index (χ0v) is 10.9. The van der Waals surface area contributed by atoms with Crippen LogP contribution >= 0.6 is 0 Å². The molecule has 0 saturated heterocycles. The summed E-state index contributed by atoms with van der Waals surface area (Å²) < 4.78 is 0. The van der Waals surface area contributed by atoms with Crippen molar-refractivity contribution in [2.75, 3.05) is 5.32 Å². The van der Waals surface area contributed by atoms with Crippen molar-refractivity contribution >= 4 is 17.0 Å². The third kappa shape index (κ3) is 2.27. The lowest BCUT2D eigenvalue weighted by Crippen LogP contribution is -2.03. The maximum Gasteiger partial charge on any atom is 0.182 e. The second-order valence-electron chi connectivity index (χ2n) is 4.60. The molecule has 0 saturated carbocycles. The second-order valence-corrected chi connectivity index (χ2v) is 4.60. The molecule has 0 amide bonds. The standard InChI is InChI=1S/C14H15N5/c1-9-3-4-11(5-10(9)2)6-15-13-12-14(17-7-16-12)19-8-18-13/h3-5,7-8H,6H2,1-2H3,(H2,15,16,17,18,19). The third-order valence-corrected chi connectivity index (χ3v) is 3.25. The van der Waals surface area contributed by atoms with E-state index in [-0.39, 0.29) is 0 Å². The first kappa shape index (κ1) is 11.6. The second kappa shape index (κ2) is 4.68. The number of fused-ring (bicyclic) bond motifs is 1. The van der Waals surface area contributed by atoms with Gasteiger partial charge in [-0.25, -0.2) is 15.0 Å². The molecule has 0 spiro atoms. The highest BCUT2D eigenvalue weighted by Gasteiger charge is 2.05. The molecule has 2 N–H and O–H groups in total. The molecule has 3 rings (SSSR count). The minimum atomic E-state index is 0.678. The number of rotatable bonds is 3. The van der Waals surface area contributed by atoms with Gasteiger partial charge >= 0.3 is 0 Å². The van der Waals surface area contributed by atoms with Gasteiger partial charge in [0.2, 0.25) is 0 Å². The topological polar surface area (TPSA) is 66.5 Å². The van der Waals surface area contributed by atoms with Gasteiger partial charge in [0.1, 0.15) is 11.8 Å². The molecule has 5 nitrogen and oxygen atoms in total.